The second-order valence-electron chi connectivity index (χ2n) is 2.25. The number of anilines is 1. The van der Waals surface area contributed by atoms with Crippen LogP contribution >= 0.6 is 11.3 Å². The molecule has 0 aliphatic heterocycles. The molecule has 0 bridgehead atoms. The van der Waals surface area contributed by atoms with Crippen LogP contribution in [0.5, 0.6) is 0 Å². The summed E-state index contributed by atoms with van der Waals surface area (Å²) in [5.41, 5.74) is 2.56. The van der Waals surface area contributed by atoms with Gasteiger partial charge in [0.15, 0.2) is 6.61 Å². The molecular formula is C7H8N2O4S. The average Bonchev–Trinajstić information content (AvgIpc) is 2.56. The van der Waals surface area contributed by atoms with Crippen molar-refractivity contribution in [2.24, 2.45) is 0 Å². The van der Waals surface area contributed by atoms with E-state index < -0.39 is 18.6 Å². The first-order chi connectivity index (χ1) is 6.68. The summed E-state index contributed by atoms with van der Waals surface area (Å²) in [6.45, 7) is -0.572. The fraction of sp³-hybridized carbons (Fsp3) is 0.143. The number of thiophene rings is 1. The number of carboxylic acid groups (broad SMARTS) is 1. The first-order valence-electron chi connectivity index (χ1n) is 3.61. The highest BCUT2D eigenvalue weighted by atomic mass is 32.1. The van der Waals surface area contributed by atoms with Crippen molar-refractivity contribution in [2.45, 2.75) is 0 Å². The Morgan fingerprint density at radius 1 is 1.57 bits per heavy atom. The second kappa shape index (κ2) is 5.20. The third kappa shape index (κ3) is 3.87. The number of rotatable bonds is 4. The van der Waals surface area contributed by atoms with Crippen molar-refractivity contribution < 1.29 is 19.5 Å². The summed E-state index contributed by atoms with van der Waals surface area (Å²) in [4.78, 5) is 25.3. The van der Waals surface area contributed by atoms with Crippen molar-refractivity contribution >= 4 is 29.0 Å². The summed E-state index contributed by atoms with van der Waals surface area (Å²) < 4.78 is 0. The maximum Gasteiger partial charge on any atom is 0.343 e. The molecule has 1 aromatic heterocycles. The van der Waals surface area contributed by atoms with Gasteiger partial charge in [-0.05, 0) is 11.4 Å². The Balaban J connectivity index is 2.20. The molecule has 1 aromatic rings. The predicted molar refractivity (Wildman–Crippen MR) is 50.1 cm³/mol. The largest absolute Gasteiger partial charge is 0.479 e. The highest BCUT2D eigenvalue weighted by Crippen LogP contribution is 2.10. The molecule has 0 aliphatic carbocycles. The Morgan fingerprint density at radius 3 is 2.93 bits per heavy atom. The van der Waals surface area contributed by atoms with Crippen LogP contribution in [-0.4, -0.2) is 23.7 Å². The molecule has 7 heteroatoms. The van der Waals surface area contributed by atoms with Crippen LogP contribution in [0.4, 0.5) is 10.5 Å². The summed E-state index contributed by atoms with van der Waals surface area (Å²) in [6, 6.07) is 1.10. The molecule has 1 heterocycles. The van der Waals surface area contributed by atoms with Gasteiger partial charge in [-0.15, -0.1) is 0 Å². The molecule has 76 valence electrons. The van der Waals surface area contributed by atoms with Crippen LogP contribution in [0, 0.1) is 0 Å². The highest BCUT2D eigenvalue weighted by molar-refractivity contribution is 7.08. The predicted octanol–water partition coefficient (Wildman–Crippen LogP) is 0.886. The van der Waals surface area contributed by atoms with Crippen molar-refractivity contribution in [1.82, 2.24) is 5.48 Å². The molecule has 2 amide bonds. The van der Waals surface area contributed by atoms with Crippen molar-refractivity contribution in [3.63, 3.8) is 0 Å². The van der Waals surface area contributed by atoms with Crippen molar-refractivity contribution in [1.29, 1.82) is 0 Å². The number of carboxylic acids is 1. The van der Waals surface area contributed by atoms with Gasteiger partial charge in [0.2, 0.25) is 0 Å². The van der Waals surface area contributed by atoms with Crippen LogP contribution in [0.2, 0.25) is 0 Å². The van der Waals surface area contributed by atoms with Gasteiger partial charge in [-0.25, -0.2) is 15.1 Å². The number of carbonyl (C=O) groups excluding carboxylic acids is 1. The minimum absolute atomic E-state index is 0.572. The minimum Gasteiger partial charge on any atom is -0.479 e. The van der Waals surface area contributed by atoms with Gasteiger partial charge >= 0.3 is 12.0 Å². The van der Waals surface area contributed by atoms with Crippen LogP contribution in [0.3, 0.4) is 0 Å². The molecular weight excluding hydrogens is 208 g/mol. The molecule has 6 nitrogen and oxygen atoms in total. The van der Waals surface area contributed by atoms with Crippen LogP contribution in [-0.2, 0) is 9.63 Å². The van der Waals surface area contributed by atoms with E-state index in [2.05, 4.69) is 10.2 Å². The summed E-state index contributed by atoms with van der Waals surface area (Å²) in [5, 5.41) is 14.2. The van der Waals surface area contributed by atoms with E-state index in [4.69, 9.17) is 5.11 Å². The van der Waals surface area contributed by atoms with Crippen LogP contribution < -0.4 is 10.8 Å². The van der Waals surface area contributed by atoms with Gasteiger partial charge in [0.1, 0.15) is 0 Å². The maximum absolute atomic E-state index is 11.0. The van der Waals surface area contributed by atoms with Crippen LogP contribution in [0.25, 0.3) is 0 Å². The Bertz CT molecular complexity index is 311. The van der Waals surface area contributed by atoms with Crippen LogP contribution in [0.15, 0.2) is 16.8 Å². The Morgan fingerprint density at radius 2 is 2.36 bits per heavy atom. The lowest BCUT2D eigenvalue weighted by molar-refractivity contribution is -0.143. The molecule has 0 atom stereocenters. The number of hydrogen-bond acceptors (Lipinski definition) is 4. The summed E-state index contributed by atoms with van der Waals surface area (Å²) in [7, 11) is 0. The number of nitrogens with one attached hydrogen (secondary N) is 2. The van der Waals surface area contributed by atoms with E-state index in [0.717, 1.165) is 0 Å². The Hall–Kier alpha value is -1.60. The third-order valence-electron chi connectivity index (χ3n) is 1.14. The normalized spacial score (nSPS) is 9.43. The molecule has 0 spiro atoms. The van der Waals surface area contributed by atoms with E-state index in [-0.39, 0.29) is 0 Å². The zero-order chi connectivity index (χ0) is 10.4. The Kier molecular flexibility index (Phi) is 3.89. The molecule has 0 saturated carbocycles. The lowest BCUT2D eigenvalue weighted by Crippen LogP contribution is -2.30. The fourth-order valence-electron chi connectivity index (χ4n) is 0.656. The van der Waals surface area contributed by atoms with E-state index in [1.54, 1.807) is 16.8 Å². The standard InChI is InChI=1S/C7H8N2O4S/c10-6(11)3-13-9-7(12)8-5-1-2-14-4-5/h1-2,4H,3H2,(H,10,11)(H2,8,9,12). The van der Waals surface area contributed by atoms with Gasteiger partial charge < -0.3 is 10.4 Å². The van der Waals surface area contributed by atoms with Crippen molar-refractivity contribution in [2.75, 3.05) is 11.9 Å². The number of carbonyl (C=O) groups is 2. The van der Waals surface area contributed by atoms with Gasteiger partial charge in [-0.3, -0.25) is 4.84 Å². The molecule has 0 radical (unpaired) electrons. The van der Waals surface area contributed by atoms with Gasteiger partial charge in [0, 0.05) is 5.38 Å². The molecule has 14 heavy (non-hydrogen) atoms. The van der Waals surface area contributed by atoms with E-state index in [9.17, 15) is 9.59 Å². The van der Waals surface area contributed by atoms with Gasteiger partial charge in [0.25, 0.3) is 0 Å². The number of hydrogen-bond donors (Lipinski definition) is 3. The number of urea groups is 1. The SMILES string of the molecule is O=C(O)CONC(=O)Nc1ccsc1. The topological polar surface area (TPSA) is 87.7 Å². The monoisotopic (exact) mass is 216 g/mol. The summed E-state index contributed by atoms with van der Waals surface area (Å²) in [6.07, 6.45) is 0. The number of aliphatic carboxylic acids is 1. The smallest absolute Gasteiger partial charge is 0.343 e. The van der Waals surface area contributed by atoms with E-state index in [0.29, 0.717) is 5.69 Å². The van der Waals surface area contributed by atoms with Crippen molar-refractivity contribution in [3.05, 3.63) is 16.8 Å². The number of hydroxylamine groups is 1. The zero-order valence-corrected chi connectivity index (χ0v) is 7.84. The minimum atomic E-state index is -1.15. The third-order valence-corrected chi connectivity index (χ3v) is 1.82. The van der Waals surface area contributed by atoms with Crippen molar-refractivity contribution in [3.8, 4) is 0 Å². The number of amides is 2. The average molecular weight is 216 g/mol. The first kappa shape index (κ1) is 10.5. The molecule has 0 unspecified atom stereocenters. The summed E-state index contributed by atoms with van der Waals surface area (Å²) >= 11 is 1.43. The first-order valence-corrected chi connectivity index (χ1v) is 4.55. The van der Waals surface area contributed by atoms with Gasteiger partial charge in [-0.2, -0.15) is 11.3 Å². The van der Waals surface area contributed by atoms with E-state index in [1.165, 1.54) is 11.3 Å². The highest BCUT2D eigenvalue weighted by Gasteiger charge is 2.02. The molecule has 0 fully saturated rings. The molecule has 1 rings (SSSR count). The molecule has 3 N–H and O–H groups in total. The zero-order valence-electron chi connectivity index (χ0n) is 7.02. The van der Waals surface area contributed by atoms with Crippen LogP contribution in [0.1, 0.15) is 0 Å². The second-order valence-corrected chi connectivity index (χ2v) is 3.03. The fourth-order valence-corrected chi connectivity index (χ4v) is 1.24. The molecule has 0 saturated heterocycles. The summed E-state index contributed by atoms with van der Waals surface area (Å²) in [5.74, 6) is -1.15. The lowest BCUT2D eigenvalue weighted by atomic mass is 10.5. The lowest BCUT2D eigenvalue weighted by Gasteiger charge is -2.03. The maximum atomic E-state index is 11.0. The molecule has 0 aromatic carbocycles. The quantitative estimate of drug-likeness (QED) is 0.652. The van der Waals surface area contributed by atoms with E-state index in [1.807, 2.05) is 5.48 Å². The van der Waals surface area contributed by atoms with Gasteiger partial charge in [-0.1, -0.05) is 0 Å². The molecule has 0 aliphatic rings. The van der Waals surface area contributed by atoms with Gasteiger partial charge in [0.05, 0.1) is 5.69 Å². The Labute approximate surface area is 83.5 Å². The van der Waals surface area contributed by atoms with E-state index >= 15 is 0 Å².